The van der Waals surface area contributed by atoms with Crippen LogP contribution in [0, 0.1) is 6.92 Å². The lowest BCUT2D eigenvalue weighted by Crippen LogP contribution is -2.27. The van der Waals surface area contributed by atoms with Gasteiger partial charge >= 0.3 is 5.97 Å². The molecule has 0 bridgehead atoms. The number of hydrogen-bond donors (Lipinski definition) is 2. The Kier molecular flexibility index (Phi) is 6.54. The van der Waals surface area contributed by atoms with Crippen molar-refractivity contribution in [2.24, 2.45) is 0 Å². The molecular formula is C14H19NO5S. The lowest BCUT2D eigenvalue weighted by molar-refractivity contribution is -0.131. The summed E-state index contributed by atoms with van der Waals surface area (Å²) in [4.78, 5) is 10.6. The van der Waals surface area contributed by atoms with Crippen LogP contribution in [-0.4, -0.2) is 39.3 Å². The Bertz CT molecular complexity index is 622. The molecule has 0 aliphatic rings. The van der Waals surface area contributed by atoms with Gasteiger partial charge in [-0.25, -0.2) is 17.9 Å². The summed E-state index contributed by atoms with van der Waals surface area (Å²) in [6.07, 6.45) is 2.44. The van der Waals surface area contributed by atoms with Crippen LogP contribution in [0.25, 0.3) is 6.08 Å². The zero-order valence-electron chi connectivity index (χ0n) is 12.0. The largest absolute Gasteiger partial charge is 0.478 e. The summed E-state index contributed by atoms with van der Waals surface area (Å²) in [6.45, 7) is 4.61. The molecule has 0 spiro atoms. The van der Waals surface area contributed by atoms with Crippen molar-refractivity contribution >= 4 is 22.1 Å². The quantitative estimate of drug-likeness (QED) is 0.559. The van der Waals surface area contributed by atoms with Gasteiger partial charge in [-0.1, -0.05) is 6.07 Å². The molecule has 2 N–H and O–H groups in total. The zero-order valence-corrected chi connectivity index (χ0v) is 12.8. The van der Waals surface area contributed by atoms with Gasteiger partial charge in [0.25, 0.3) is 0 Å². The minimum Gasteiger partial charge on any atom is -0.478 e. The topological polar surface area (TPSA) is 92.7 Å². The van der Waals surface area contributed by atoms with Crippen LogP contribution in [0.3, 0.4) is 0 Å². The molecule has 0 saturated carbocycles. The predicted octanol–water partition coefficient (Wildman–Crippen LogP) is 1.41. The van der Waals surface area contributed by atoms with Crippen LogP contribution in [0.15, 0.2) is 29.2 Å². The number of aliphatic carboxylic acids is 1. The molecular weight excluding hydrogens is 294 g/mol. The van der Waals surface area contributed by atoms with Crippen LogP contribution in [0.4, 0.5) is 0 Å². The van der Waals surface area contributed by atoms with E-state index in [0.29, 0.717) is 24.3 Å². The molecule has 0 aliphatic heterocycles. The van der Waals surface area contributed by atoms with E-state index in [4.69, 9.17) is 9.84 Å². The van der Waals surface area contributed by atoms with Gasteiger partial charge in [0.1, 0.15) is 0 Å². The molecule has 116 valence electrons. The van der Waals surface area contributed by atoms with Crippen LogP contribution in [0.2, 0.25) is 0 Å². The number of nitrogens with one attached hydrogen (secondary N) is 1. The van der Waals surface area contributed by atoms with E-state index in [1.165, 1.54) is 18.2 Å². The van der Waals surface area contributed by atoms with Gasteiger partial charge in [-0.2, -0.15) is 0 Å². The van der Waals surface area contributed by atoms with E-state index in [2.05, 4.69) is 4.72 Å². The third-order valence-electron chi connectivity index (χ3n) is 2.70. The van der Waals surface area contributed by atoms with Gasteiger partial charge in [-0.15, -0.1) is 0 Å². The van der Waals surface area contributed by atoms with Crippen molar-refractivity contribution in [3.05, 3.63) is 35.4 Å². The summed E-state index contributed by atoms with van der Waals surface area (Å²) in [5.74, 6) is -1.05. The molecule has 0 fully saturated rings. The van der Waals surface area contributed by atoms with E-state index < -0.39 is 16.0 Å². The SMILES string of the molecule is CCOCCNS(=O)(=O)c1ccc(C=CC(=O)O)c(C)c1. The van der Waals surface area contributed by atoms with Gasteiger partial charge in [-0.05, 0) is 43.2 Å². The maximum atomic E-state index is 12.0. The first-order valence-corrected chi connectivity index (χ1v) is 7.94. The second-order valence-corrected chi connectivity index (χ2v) is 6.05. The third kappa shape index (κ3) is 5.66. The average molecular weight is 313 g/mol. The number of hydrogen-bond acceptors (Lipinski definition) is 4. The Hall–Kier alpha value is -1.70. The molecule has 1 rings (SSSR count). The maximum absolute atomic E-state index is 12.0. The van der Waals surface area contributed by atoms with Crippen molar-refractivity contribution in [2.45, 2.75) is 18.7 Å². The molecule has 7 heteroatoms. The van der Waals surface area contributed by atoms with Crippen molar-refractivity contribution in [2.75, 3.05) is 19.8 Å². The fraction of sp³-hybridized carbons (Fsp3) is 0.357. The number of carboxylic acid groups (broad SMARTS) is 1. The highest BCUT2D eigenvalue weighted by atomic mass is 32.2. The molecule has 0 aromatic heterocycles. The van der Waals surface area contributed by atoms with Crippen molar-refractivity contribution in [1.29, 1.82) is 0 Å². The monoisotopic (exact) mass is 313 g/mol. The van der Waals surface area contributed by atoms with E-state index in [-0.39, 0.29) is 11.4 Å². The lowest BCUT2D eigenvalue weighted by atomic mass is 10.1. The van der Waals surface area contributed by atoms with Gasteiger partial charge in [0.05, 0.1) is 11.5 Å². The van der Waals surface area contributed by atoms with E-state index in [1.54, 1.807) is 13.0 Å². The highest BCUT2D eigenvalue weighted by Crippen LogP contribution is 2.16. The molecule has 1 aromatic carbocycles. The van der Waals surface area contributed by atoms with Crippen LogP contribution in [-0.2, 0) is 19.6 Å². The van der Waals surface area contributed by atoms with Gasteiger partial charge < -0.3 is 9.84 Å². The van der Waals surface area contributed by atoms with Gasteiger partial charge in [-0.3, -0.25) is 0 Å². The Morgan fingerprint density at radius 3 is 2.71 bits per heavy atom. The van der Waals surface area contributed by atoms with Crippen LogP contribution in [0.1, 0.15) is 18.1 Å². The smallest absolute Gasteiger partial charge is 0.328 e. The molecule has 21 heavy (non-hydrogen) atoms. The molecule has 0 unspecified atom stereocenters. The Morgan fingerprint density at radius 1 is 1.43 bits per heavy atom. The Labute approximate surface area is 124 Å². The number of benzene rings is 1. The summed E-state index contributed by atoms with van der Waals surface area (Å²) in [7, 11) is -3.58. The summed E-state index contributed by atoms with van der Waals surface area (Å²) in [5.41, 5.74) is 1.34. The van der Waals surface area contributed by atoms with Crippen LogP contribution < -0.4 is 4.72 Å². The molecule has 0 saturated heterocycles. The number of ether oxygens (including phenoxy) is 1. The van der Waals surface area contributed by atoms with Crippen molar-refractivity contribution in [1.82, 2.24) is 4.72 Å². The van der Waals surface area contributed by atoms with E-state index in [0.717, 1.165) is 6.08 Å². The van der Waals surface area contributed by atoms with Gasteiger partial charge in [0.15, 0.2) is 0 Å². The van der Waals surface area contributed by atoms with Crippen LogP contribution in [0.5, 0.6) is 0 Å². The first-order chi connectivity index (χ1) is 9.86. The minimum atomic E-state index is -3.58. The third-order valence-corrected chi connectivity index (χ3v) is 4.16. The minimum absolute atomic E-state index is 0.143. The standard InChI is InChI=1S/C14H19NO5S/c1-3-20-9-8-15-21(18,19)13-6-4-12(11(2)10-13)5-7-14(16)17/h4-7,10,15H,3,8-9H2,1-2H3,(H,16,17). The maximum Gasteiger partial charge on any atom is 0.328 e. The lowest BCUT2D eigenvalue weighted by Gasteiger charge is -2.09. The van der Waals surface area contributed by atoms with E-state index in [1.807, 2.05) is 6.92 Å². The fourth-order valence-electron chi connectivity index (χ4n) is 1.64. The van der Waals surface area contributed by atoms with Crippen molar-refractivity contribution < 1.29 is 23.1 Å². The fourth-order valence-corrected chi connectivity index (χ4v) is 2.74. The molecule has 0 aliphatic carbocycles. The van der Waals surface area contributed by atoms with E-state index >= 15 is 0 Å². The summed E-state index contributed by atoms with van der Waals surface area (Å²) < 4.78 is 31.6. The average Bonchev–Trinajstić information content (AvgIpc) is 2.42. The molecule has 0 atom stereocenters. The van der Waals surface area contributed by atoms with E-state index in [9.17, 15) is 13.2 Å². The van der Waals surface area contributed by atoms with Crippen molar-refractivity contribution in [3.8, 4) is 0 Å². The second-order valence-electron chi connectivity index (χ2n) is 4.28. The molecule has 1 aromatic rings. The normalized spacial score (nSPS) is 11.9. The highest BCUT2D eigenvalue weighted by molar-refractivity contribution is 7.89. The van der Waals surface area contributed by atoms with Crippen molar-refractivity contribution in [3.63, 3.8) is 0 Å². The Morgan fingerprint density at radius 2 is 2.14 bits per heavy atom. The summed E-state index contributed by atoms with van der Waals surface area (Å²) in [5, 5.41) is 8.59. The summed E-state index contributed by atoms with van der Waals surface area (Å²) in [6, 6.07) is 4.52. The molecule has 0 heterocycles. The number of aryl methyl sites for hydroxylation is 1. The first-order valence-electron chi connectivity index (χ1n) is 6.46. The zero-order chi connectivity index (χ0) is 15.9. The predicted molar refractivity (Wildman–Crippen MR) is 79.5 cm³/mol. The second kappa shape index (κ2) is 7.92. The molecule has 0 amide bonds. The van der Waals surface area contributed by atoms with Gasteiger partial charge in [0.2, 0.25) is 10.0 Å². The molecule has 0 radical (unpaired) electrons. The first kappa shape index (κ1) is 17.4. The number of sulfonamides is 1. The number of carbonyl (C=O) groups is 1. The number of rotatable bonds is 8. The van der Waals surface area contributed by atoms with Crippen LogP contribution >= 0.6 is 0 Å². The Balaban J connectivity index is 2.84. The number of carboxylic acids is 1. The summed E-state index contributed by atoms with van der Waals surface area (Å²) >= 11 is 0. The van der Waals surface area contributed by atoms with Gasteiger partial charge in [0, 0.05) is 19.2 Å². The highest BCUT2D eigenvalue weighted by Gasteiger charge is 2.14. The molecule has 6 nitrogen and oxygen atoms in total.